The summed E-state index contributed by atoms with van der Waals surface area (Å²) in [4.78, 5) is 15.1. The maximum Gasteiger partial charge on any atom is 0.251 e. The van der Waals surface area contributed by atoms with Crippen LogP contribution in [-0.2, 0) is 13.6 Å². The number of hydrogen-bond acceptors (Lipinski definition) is 3. The lowest BCUT2D eigenvalue weighted by Crippen LogP contribution is -2.40. The van der Waals surface area contributed by atoms with E-state index in [9.17, 15) is 4.79 Å². The Labute approximate surface area is 178 Å². The van der Waals surface area contributed by atoms with Crippen molar-refractivity contribution < 1.29 is 4.79 Å². The highest BCUT2D eigenvalue weighted by atomic mass is 16.1. The Bertz CT molecular complexity index is 978. The molecule has 0 radical (unpaired) electrons. The molecule has 1 atom stereocenters. The van der Waals surface area contributed by atoms with Gasteiger partial charge in [-0.1, -0.05) is 42.5 Å². The third kappa shape index (κ3) is 4.97. The first-order valence-electron chi connectivity index (χ1n) is 10.7. The number of hydrogen-bond donors (Lipinski definition) is 1. The van der Waals surface area contributed by atoms with E-state index in [1.54, 1.807) is 0 Å². The summed E-state index contributed by atoms with van der Waals surface area (Å²) < 4.78 is 1.88. The highest BCUT2D eigenvalue weighted by Crippen LogP contribution is 2.21. The predicted molar refractivity (Wildman–Crippen MR) is 120 cm³/mol. The van der Waals surface area contributed by atoms with Crippen LogP contribution in [0.3, 0.4) is 0 Å². The second-order valence-corrected chi connectivity index (χ2v) is 8.31. The van der Waals surface area contributed by atoms with Crippen molar-refractivity contribution in [3.8, 4) is 11.1 Å². The summed E-state index contributed by atoms with van der Waals surface area (Å²) in [6, 6.07) is 18.1. The Hall–Kier alpha value is -2.92. The molecule has 1 aromatic heterocycles. The minimum atomic E-state index is 0.00911. The molecule has 1 N–H and O–H groups in total. The molecule has 3 aromatic rings. The van der Waals surface area contributed by atoms with Gasteiger partial charge in [0, 0.05) is 44.0 Å². The highest BCUT2D eigenvalue weighted by Gasteiger charge is 2.21. The summed E-state index contributed by atoms with van der Waals surface area (Å²) in [5, 5.41) is 7.59. The van der Waals surface area contributed by atoms with Gasteiger partial charge in [0.1, 0.15) is 0 Å². The number of carbonyl (C=O) groups is 1. The zero-order valence-electron chi connectivity index (χ0n) is 17.8. The SMILES string of the molecule is Cc1nn(C)cc1CN1CCCC(CNC(=O)c2ccc(-c3ccccc3)cc2)C1. The van der Waals surface area contributed by atoms with E-state index in [0.29, 0.717) is 11.5 Å². The van der Waals surface area contributed by atoms with E-state index in [1.165, 1.54) is 12.0 Å². The van der Waals surface area contributed by atoms with Crippen LogP contribution in [0, 0.1) is 12.8 Å². The summed E-state index contributed by atoms with van der Waals surface area (Å²) in [6.07, 6.45) is 4.45. The van der Waals surface area contributed by atoms with Gasteiger partial charge in [-0.15, -0.1) is 0 Å². The van der Waals surface area contributed by atoms with Gasteiger partial charge < -0.3 is 5.32 Å². The van der Waals surface area contributed by atoms with E-state index in [0.717, 1.165) is 49.4 Å². The van der Waals surface area contributed by atoms with Crippen molar-refractivity contribution in [2.24, 2.45) is 13.0 Å². The van der Waals surface area contributed by atoms with Crippen LogP contribution in [0.2, 0.25) is 0 Å². The number of benzene rings is 2. The van der Waals surface area contributed by atoms with Crippen LogP contribution >= 0.6 is 0 Å². The third-order valence-electron chi connectivity index (χ3n) is 5.92. The van der Waals surface area contributed by atoms with Gasteiger partial charge in [0.2, 0.25) is 0 Å². The predicted octanol–water partition coefficient (Wildman–Crippen LogP) is 4.04. The third-order valence-corrected chi connectivity index (χ3v) is 5.92. The van der Waals surface area contributed by atoms with E-state index < -0.39 is 0 Å². The quantitative estimate of drug-likeness (QED) is 0.677. The van der Waals surface area contributed by atoms with Crippen molar-refractivity contribution in [2.75, 3.05) is 19.6 Å². The highest BCUT2D eigenvalue weighted by molar-refractivity contribution is 5.94. The lowest BCUT2D eigenvalue weighted by molar-refractivity contribution is 0.0930. The van der Waals surface area contributed by atoms with Gasteiger partial charge in [0.25, 0.3) is 5.91 Å². The molecule has 0 saturated carbocycles. The van der Waals surface area contributed by atoms with E-state index in [4.69, 9.17) is 0 Å². The molecule has 2 aromatic carbocycles. The summed E-state index contributed by atoms with van der Waals surface area (Å²) in [5.74, 6) is 0.498. The average molecular weight is 403 g/mol. The molecule has 1 unspecified atom stereocenters. The number of piperidine rings is 1. The zero-order chi connectivity index (χ0) is 20.9. The van der Waals surface area contributed by atoms with Crippen molar-refractivity contribution in [2.45, 2.75) is 26.3 Å². The first-order valence-corrected chi connectivity index (χ1v) is 10.7. The smallest absolute Gasteiger partial charge is 0.251 e. The number of rotatable bonds is 6. The molecular formula is C25H30N4O. The Morgan fingerprint density at radius 2 is 1.83 bits per heavy atom. The van der Waals surface area contributed by atoms with Gasteiger partial charge in [-0.3, -0.25) is 14.4 Å². The van der Waals surface area contributed by atoms with Gasteiger partial charge in [-0.2, -0.15) is 5.10 Å². The van der Waals surface area contributed by atoms with E-state index >= 15 is 0 Å². The summed E-state index contributed by atoms with van der Waals surface area (Å²) >= 11 is 0. The lowest BCUT2D eigenvalue weighted by atomic mass is 9.97. The standard InChI is InChI=1S/C25H30N4O/c1-19-24(17-28(2)27-19)18-29-14-6-7-20(16-29)15-26-25(30)23-12-10-22(11-13-23)21-8-4-3-5-9-21/h3-5,8-13,17,20H,6-7,14-16,18H2,1-2H3,(H,26,30). The van der Waals surface area contributed by atoms with E-state index in [1.807, 2.05) is 54.2 Å². The van der Waals surface area contributed by atoms with Crippen molar-refractivity contribution in [1.29, 1.82) is 0 Å². The van der Waals surface area contributed by atoms with Gasteiger partial charge >= 0.3 is 0 Å². The van der Waals surface area contributed by atoms with Gasteiger partial charge in [0.15, 0.2) is 0 Å². The number of aromatic nitrogens is 2. The van der Waals surface area contributed by atoms with Crippen LogP contribution in [-0.4, -0.2) is 40.2 Å². The molecule has 156 valence electrons. The van der Waals surface area contributed by atoms with Crippen molar-refractivity contribution >= 4 is 5.91 Å². The molecule has 5 nitrogen and oxygen atoms in total. The van der Waals surface area contributed by atoms with Gasteiger partial charge in [-0.25, -0.2) is 0 Å². The monoisotopic (exact) mass is 402 g/mol. The van der Waals surface area contributed by atoms with Crippen molar-refractivity contribution in [3.63, 3.8) is 0 Å². The number of nitrogens with zero attached hydrogens (tertiary/aromatic N) is 3. The molecule has 2 heterocycles. The topological polar surface area (TPSA) is 50.2 Å². The second-order valence-electron chi connectivity index (χ2n) is 8.31. The van der Waals surface area contributed by atoms with E-state index in [2.05, 4.69) is 40.6 Å². The number of likely N-dealkylation sites (tertiary alicyclic amines) is 1. The molecule has 1 saturated heterocycles. The number of nitrogens with one attached hydrogen (secondary N) is 1. The molecule has 0 spiro atoms. The van der Waals surface area contributed by atoms with Crippen LogP contribution in [0.15, 0.2) is 60.8 Å². The molecule has 1 aliphatic rings. The first kappa shape index (κ1) is 20.4. The molecule has 5 heteroatoms. The van der Waals surface area contributed by atoms with Crippen LogP contribution in [0.4, 0.5) is 0 Å². The Morgan fingerprint density at radius 1 is 1.10 bits per heavy atom. The second kappa shape index (κ2) is 9.26. The fourth-order valence-electron chi connectivity index (χ4n) is 4.29. The fraction of sp³-hybridized carbons (Fsp3) is 0.360. The molecule has 4 rings (SSSR count). The molecule has 0 aliphatic carbocycles. The minimum absolute atomic E-state index is 0.00911. The average Bonchev–Trinajstić information content (AvgIpc) is 3.09. The summed E-state index contributed by atoms with van der Waals surface area (Å²) in [6.45, 7) is 5.86. The fourth-order valence-corrected chi connectivity index (χ4v) is 4.29. The van der Waals surface area contributed by atoms with Gasteiger partial charge in [-0.05, 0) is 55.5 Å². The number of amides is 1. The van der Waals surface area contributed by atoms with Crippen LogP contribution in [0.1, 0.15) is 34.5 Å². The van der Waals surface area contributed by atoms with Gasteiger partial charge in [0.05, 0.1) is 5.69 Å². The Morgan fingerprint density at radius 3 is 2.53 bits per heavy atom. The Kier molecular flexibility index (Phi) is 6.29. The molecule has 30 heavy (non-hydrogen) atoms. The number of aryl methyl sites for hydroxylation is 2. The normalized spacial score (nSPS) is 17.1. The van der Waals surface area contributed by atoms with Crippen molar-refractivity contribution in [1.82, 2.24) is 20.0 Å². The number of carbonyl (C=O) groups excluding carboxylic acids is 1. The molecule has 1 amide bonds. The lowest BCUT2D eigenvalue weighted by Gasteiger charge is -2.32. The van der Waals surface area contributed by atoms with Crippen LogP contribution in [0.25, 0.3) is 11.1 Å². The van der Waals surface area contributed by atoms with Crippen LogP contribution in [0.5, 0.6) is 0 Å². The Balaban J connectivity index is 1.29. The summed E-state index contributed by atoms with van der Waals surface area (Å²) in [7, 11) is 1.97. The molecule has 0 bridgehead atoms. The zero-order valence-corrected chi connectivity index (χ0v) is 17.8. The van der Waals surface area contributed by atoms with Crippen molar-refractivity contribution in [3.05, 3.63) is 77.6 Å². The minimum Gasteiger partial charge on any atom is -0.352 e. The molecular weight excluding hydrogens is 372 g/mol. The maximum absolute atomic E-state index is 12.6. The molecule has 1 fully saturated rings. The largest absolute Gasteiger partial charge is 0.352 e. The first-order chi connectivity index (χ1) is 14.6. The maximum atomic E-state index is 12.6. The van der Waals surface area contributed by atoms with Crippen LogP contribution < -0.4 is 5.32 Å². The summed E-state index contributed by atoms with van der Waals surface area (Å²) in [5.41, 5.74) is 5.40. The molecule has 1 aliphatic heterocycles. The van der Waals surface area contributed by atoms with E-state index in [-0.39, 0.29) is 5.91 Å².